The topological polar surface area (TPSA) is 68.0 Å². The minimum absolute atomic E-state index is 0. The maximum absolute atomic E-state index is 11.7. The molecule has 0 fully saturated rings. The van der Waals surface area contributed by atoms with Gasteiger partial charge in [-0.25, -0.2) is 4.98 Å². The molecule has 245 valence electrons. The van der Waals surface area contributed by atoms with Crippen molar-refractivity contribution in [3.8, 4) is 22.6 Å². The fourth-order valence-corrected chi connectivity index (χ4v) is 5.92. The number of aliphatic hydroxyl groups excluding tert-OH is 1. The number of aryl methyl sites for hydroxylation is 1. The van der Waals surface area contributed by atoms with Crippen LogP contribution in [-0.2, 0) is 37.4 Å². The van der Waals surface area contributed by atoms with Crippen LogP contribution in [0.25, 0.3) is 44.5 Å². The summed E-state index contributed by atoms with van der Waals surface area (Å²) in [6, 6.07) is 26.6. The second kappa shape index (κ2) is 16.3. The average molecular weight is 795 g/mol. The third kappa shape index (κ3) is 8.21. The van der Waals surface area contributed by atoms with Crippen LogP contribution in [0.2, 0.25) is 0 Å². The fraction of sp³-hybridized carbons (Fsp3) is 0.375. The molecule has 5 aromatic rings. The number of pyridine rings is 1. The molecular weight excluding hydrogens is 747 g/mol. The number of imidazole rings is 1. The van der Waals surface area contributed by atoms with Gasteiger partial charge in [-0.2, -0.15) is 0 Å². The molecule has 0 amide bonds. The molecule has 0 bridgehead atoms. The van der Waals surface area contributed by atoms with E-state index in [2.05, 4.69) is 80.9 Å². The van der Waals surface area contributed by atoms with E-state index in [1.54, 1.807) is 0 Å². The van der Waals surface area contributed by atoms with Gasteiger partial charge in [-0.15, -0.1) is 29.1 Å². The summed E-state index contributed by atoms with van der Waals surface area (Å²) < 4.78 is 2.14. The summed E-state index contributed by atoms with van der Waals surface area (Å²) in [5, 5.41) is 12.1. The molecule has 6 heteroatoms. The Morgan fingerprint density at radius 3 is 2.13 bits per heavy atom. The molecule has 3 aromatic carbocycles. The van der Waals surface area contributed by atoms with Crippen molar-refractivity contribution < 1.29 is 30.0 Å². The van der Waals surface area contributed by atoms with Crippen molar-refractivity contribution in [3.05, 3.63) is 96.4 Å². The number of hydrogen-bond acceptors (Lipinski definition) is 4. The first-order chi connectivity index (χ1) is 21.5. The molecule has 0 aliphatic carbocycles. The Morgan fingerprint density at radius 2 is 1.52 bits per heavy atom. The summed E-state index contributed by atoms with van der Waals surface area (Å²) in [5.74, 6) is 1.49. The number of fused-ring (bicyclic) bond motifs is 2. The van der Waals surface area contributed by atoms with Gasteiger partial charge in [-0.05, 0) is 37.2 Å². The summed E-state index contributed by atoms with van der Waals surface area (Å²) in [5.41, 5.74) is 6.24. The molecule has 0 spiro atoms. The number of hydrogen-bond donors (Lipinski definition) is 1. The Morgan fingerprint density at radius 1 is 0.913 bits per heavy atom. The Bertz CT molecular complexity index is 1780. The van der Waals surface area contributed by atoms with Crippen LogP contribution in [-0.4, -0.2) is 25.4 Å². The van der Waals surface area contributed by atoms with E-state index in [-0.39, 0.29) is 48.9 Å². The minimum Gasteiger partial charge on any atom is -0.512 e. The molecule has 1 radical (unpaired) electrons. The van der Waals surface area contributed by atoms with Crippen molar-refractivity contribution in [1.29, 1.82) is 0 Å². The number of allylic oxidation sites excluding steroid dienone is 2. The second-order valence-electron chi connectivity index (χ2n) is 12.8. The molecule has 46 heavy (non-hydrogen) atoms. The van der Waals surface area contributed by atoms with Gasteiger partial charge in [0.25, 0.3) is 0 Å². The van der Waals surface area contributed by atoms with Crippen LogP contribution in [0, 0.1) is 17.9 Å². The number of aliphatic hydroxyl groups is 1. The Kier molecular flexibility index (Phi) is 13.1. The van der Waals surface area contributed by atoms with Crippen molar-refractivity contribution in [2.24, 2.45) is 18.9 Å². The standard InChI is InChI=1S/C27H24N3.C13H24O2.Ir/c1-27(2,3)22-17-20(16-19-12-8-9-13-21(19)22)24-25-23(14-15-28-24)30(4)26(29-25)18-10-6-5-7-11-18;1-5-10(6-2)12(14)9-13(15)11(7-3)8-4;/h5-15,17H,1-4H3;9-11,14H,5-8H2,1-4H3;/q-1;;/b;12-9-;. The van der Waals surface area contributed by atoms with Crippen molar-refractivity contribution in [1.82, 2.24) is 14.5 Å². The number of carbonyl (C=O) groups is 1. The first-order valence-electron chi connectivity index (χ1n) is 16.3. The summed E-state index contributed by atoms with van der Waals surface area (Å²) in [6.45, 7) is 14.8. The van der Waals surface area contributed by atoms with Crippen molar-refractivity contribution in [2.45, 2.75) is 79.6 Å². The van der Waals surface area contributed by atoms with Crippen molar-refractivity contribution in [2.75, 3.05) is 0 Å². The van der Waals surface area contributed by atoms with E-state index in [1.165, 1.54) is 17.0 Å². The Balaban J connectivity index is 0.000000309. The maximum atomic E-state index is 11.7. The molecule has 2 heterocycles. The number of ketones is 1. The molecule has 2 aromatic heterocycles. The largest absolute Gasteiger partial charge is 0.512 e. The Hall–Kier alpha value is -3.60. The normalized spacial score (nSPS) is 11.9. The van der Waals surface area contributed by atoms with Crippen LogP contribution < -0.4 is 0 Å². The van der Waals surface area contributed by atoms with Gasteiger partial charge in [-0.1, -0.05) is 108 Å². The monoisotopic (exact) mass is 795 g/mol. The van der Waals surface area contributed by atoms with E-state index in [9.17, 15) is 9.90 Å². The first-order valence-corrected chi connectivity index (χ1v) is 16.3. The zero-order valence-electron chi connectivity index (χ0n) is 28.5. The van der Waals surface area contributed by atoms with Gasteiger partial charge in [0, 0.05) is 62.5 Å². The van der Waals surface area contributed by atoms with Crippen LogP contribution in [0.15, 0.2) is 84.8 Å². The summed E-state index contributed by atoms with van der Waals surface area (Å²) in [6.07, 6.45) is 6.78. The van der Waals surface area contributed by atoms with Crippen LogP contribution in [0.1, 0.15) is 79.7 Å². The van der Waals surface area contributed by atoms with Gasteiger partial charge in [0.15, 0.2) is 5.78 Å². The molecule has 0 saturated heterocycles. The number of rotatable bonds is 9. The van der Waals surface area contributed by atoms with E-state index in [1.807, 2.05) is 58.2 Å². The summed E-state index contributed by atoms with van der Waals surface area (Å²) in [4.78, 5) is 21.5. The number of nitrogens with zero attached hydrogens (tertiary/aromatic N) is 3. The van der Waals surface area contributed by atoms with Gasteiger partial charge in [0.05, 0.1) is 16.8 Å². The van der Waals surface area contributed by atoms with E-state index in [0.29, 0.717) is 0 Å². The zero-order chi connectivity index (χ0) is 32.7. The quantitative estimate of drug-likeness (QED) is 0.0917. The van der Waals surface area contributed by atoms with E-state index >= 15 is 0 Å². The molecule has 0 atom stereocenters. The SMILES string of the molecule is CCC(CC)C(=O)/C=C(\O)C(CC)CC.Cn1c(-c2ccccc2)nc2c(-c3[c-]c4ccccc4c(C(C)(C)C)c3)nccc21.[Ir]. The molecule has 0 unspecified atom stereocenters. The van der Waals surface area contributed by atoms with Gasteiger partial charge in [0.2, 0.25) is 0 Å². The van der Waals surface area contributed by atoms with Crippen molar-refractivity contribution in [3.63, 3.8) is 0 Å². The third-order valence-corrected chi connectivity index (χ3v) is 8.75. The fourth-order valence-electron chi connectivity index (χ4n) is 5.92. The van der Waals surface area contributed by atoms with Crippen LogP contribution in [0.5, 0.6) is 0 Å². The first kappa shape index (κ1) is 36.9. The van der Waals surface area contributed by atoms with Gasteiger partial charge < -0.3 is 9.67 Å². The zero-order valence-corrected chi connectivity index (χ0v) is 30.9. The third-order valence-electron chi connectivity index (χ3n) is 8.75. The van der Waals surface area contributed by atoms with Crippen LogP contribution >= 0.6 is 0 Å². The maximum Gasteiger partial charge on any atom is 0.162 e. The van der Waals surface area contributed by atoms with Gasteiger partial charge in [0.1, 0.15) is 5.82 Å². The predicted octanol–water partition coefficient (Wildman–Crippen LogP) is 10.4. The van der Waals surface area contributed by atoms with Crippen LogP contribution in [0.4, 0.5) is 0 Å². The molecule has 0 aliphatic rings. The molecule has 5 rings (SSSR count). The predicted molar refractivity (Wildman–Crippen MR) is 188 cm³/mol. The second-order valence-corrected chi connectivity index (χ2v) is 12.8. The van der Waals surface area contributed by atoms with Crippen LogP contribution in [0.3, 0.4) is 0 Å². The van der Waals surface area contributed by atoms with E-state index in [0.717, 1.165) is 64.7 Å². The molecule has 1 N–H and O–H groups in total. The number of benzene rings is 3. The van der Waals surface area contributed by atoms with E-state index in [4.69, 9.17) is 9.97 Å². The van der Waals surface area contributed by atoms with E-state index < -0.39 is 0 Å². The molecule has 0 saturated carbocycles. The van der Waals surface area contributed by atoms with Gasteiger partial charge in [-0.3, -0.25) is 9.78 Å². The molecule has 0 aliphatic heterocycles. The van der Waals surface area contributed by atoms with Crippen molar-refractivity contribution >= 4 is 27.6 Å². The molecule has 5 nitrogen and oxygen atoms in total. The number of aromatic nitrogens is 3. The summed E-state index contributed by atoms with van der Waals surface area (Å²) in [7, 11) is 2.06. The number of carbonyl (C=O) groups excluding carboxylic acids is 1. The Labute approximate surface area is 288 Å². The minimum atomic E-state index is 0. The summed E-state index contributed by atoms with van der Waals surface area (Å²) >= 11 is 0. The smallest absolute Gasteiger partial charge is 0.162 e. The van der Waals surface area contributed by atoms with Gasteiger partial charge >= 0.3 is 0 Å². The average Bonchev–Trinajstić information content (AvgIpc) is 3.38. The molecular formula is C40H48IrN3O2-.